The third-order valence-corrected chi connectivity index (χ3v) is 3.29. The van der Waals surface area contributed by atoms with Crippen molar-refractivity contribution in [3.8, 4) is 0 Å². The van der Waals surface area contributed by atoms with Gasteiger partial charge in [-0.2, -0.15) is 0 Å². The van der Waals surface area contributed by atoms with Crippen molar-refractivity contribution in [3.05, 3.63) is 0 Å². The van der Waals surface area contributed by atoms with Crippen molar-refractivity contribution in [2.24, 2.45) is 0 Å². The first kappa shape index (κ1) is 13.0. The largest absolute Gasteiger partial charge is 0.394 e. The molecule has 0 amide bonds. The van der Waals surface area contributed by atoms with E-state index in [1.165, 1.54) is 0 Å². The van der Waals surface area contributed by atoms with E-state index >= 15 is 0 Å². The summed E-state index contributed by atoms with van der Waals surface area (Å²) in [5.41, 5.74) is 0. The van der Waals surface area contributed by atoms with E-state index in [0.29, 0.717) is 0 Å². The number of aliphatic hydroxyl groups is 4. The first-order valence-corrected chi connectivity index (χ1v) is 5.83. The Balaban J connectivity index is 2.88. The lowest BCUT2D eigenvalue weighted by molar-refractivity contribution is -0.211. The van der Waals surface area contributed by atoms with Crippen LogP contribution in [0.15, 0.2) is 0 Å². The number of aliphatic hydroxyl groups excluding tert-OH is 4. The summed E-state index contributed by atoms with van der Waals surface area (Å²) < 4.78 is 15.5. The number of hydrogen-bond donors (Lipinski definition) is 6. The Hall–Kier alpha value is -0.0500. The minimum Gasteiger partial charge on any atom is -0.394 e. The van der Waals surface area contributed by atoms with Gasteiger partial charge in [0, 0.05) is 0 Å². The van der Waals surface area contributed by atoms with Crippen LogP contribution in [0.2, 0.25) is 0 Å². The topological polar surface area (TPSA) is 148 Å². The third-order valence-electron chi connectivity index (χ3n) is 2.20. The predicted molar refractivity (Wildman–Crippen MR) is 45.8 cm³/mol. The van der Waals surface area contributed by atoms with Crippen molar-refractivity contribution in [3.63, 3.8) is 0 Å². The molecule has 0 aliphatic carbocycles. The quantitative estimate of drug-likeness (QED) is 0.281. The Bertz CT molecular complexity index is 262. The third kappa shape index (κ3) is 2.55. The molecule has 9 heteroatoms. The van der Waals surface area contributed by atoms with Crippen molar-refractivity contribution in [2.75, 3.05) is 6.61 Å². The lowest BCUT2D eigenvalue weighted by Crippen LogP contribution is -2.58. The Morgan fingerprint density at radius 3 is 2.00 bits per heavy atom. The fourth-order valence-electron chi connectivity index (χ4n) is 1.36. The van der Waals surface area contributed by atoms with Gasteiger partial charge in [-0.1, -0.05) is 0 Å². The first-order chi connectivity index (χ1) is 6.79. The maximum Gasteiger partial charge on any atom is 0.356 e. The molecule has 1 rings (SSSR count). The smallest absolute Gasteiger partial charge is 0.356 e. The number of hydrogen-bond acceptors (Lipinski definition) is 6. The highest BCUT2D eigenvalue weighted by Gasteiger charge is 2.50. The molecule has 8 nitrogen and oxygen atoms in total. The van der Waals surface area contributed by atoms with Gasteiger partial charge < -0.3 is 34.9 Å². The summed E-state index contributed by atoms with van der Waals surface area (Å²) in [4.78, 5) is 17.6. The van der Waals surface area contributed by atoms with Crippen LogP contribution in [0.3, 0.4) is 0 Å². The van der Waals surface area contributed by atoms with Gasteiger partial charge in [0.05, 0.1) is 6.61 Å². The van der Waals surface area contributed by atoms with Crippen LogP contribution in [0.5, 0.6) is 0 Å². The number of rotatable bonds is 2. The number of ether oxygens (including phenoxy) is 1. The van der Waals surface area contributed by atoms with Gasteiger partial charge in [0.1, 0.15) is 24.4 Å². The molecule has 0 aromatic carbocycles. The lowest BCUT2D eigenvalue weighted by atomic mass is 10.0. The van der Waals surface area contributed by atoms with Crippen LogP contribution in [-0.4, -0.2) is 67.1 Å². The first-order valence-electron chi connectivity index (χ1n) is 4.14. The fraction of sp³-hybridized carbons (Fsp3) is 1.00. The second kappa shape index (κ2) is 4.44. The molecule has 90 valence electrons. The molecular formula is C6H13O8P. The van der Waals surface area contributed by atoms with Gasteiger partial charge in [-0.15, -0.1) is 0 Å². The summed E-state index contributed by atoms with van der Waals surface area (Å²) in [5, 5.41) is 36.5. The molecule has 0 radical (unpaired) electrons. The van der Waals surface area contributed by atoms with Crippen LogP contribution in [0, 0.1) is 0 Å². The van der Waals surface area contributed by atoms with Gasteiger partial charge in [-0.05, 0) is 0 Å². The standard InChI is InChI=1S/C6H13O8P/c7-1-2-3(8)4(9)5(10)6(14-2)15(11,12)13/h2-10H,1H2,(H2,11,12,13)/t2-,3-,4+,5+,6+/m1/s1. The molecule has 0 spiro atoms. The van der Waals surface area contributed by atoms with E-state index in [0.717, 1.165) is 0 Å². The van der Waals surface area contributed by atoms with E-state index in [1.54, 1.807) is 0 Å². The van der Waals surface area contributed by atoms with Gasteiger partial charge >= 0.3 is 7.60 Å². The Kier molecular flexibility index (Phi) is 3.85. The molecule has 1 saturated heterocycles. The molecular weight excluding hydrogens is 231 g/mol. The summed E-state index contributed by atoms with van der Waals surface area (Å²) in [6.45, 7) is -0.721. The normalized spacial score (nSPS) is 42.9. The maximum atomic E-state index is 10.8. The molecule has 0 saturated carbocycles. The molecule has 15 heavy (non-hydrogen) atoms. The van der Waals surface area contributed by atoms with Crippen molar-refractivity contribution in [2.45, 2.75) is 30.3 Å². The van der Waals surface area contributed by atoms with Gasteiger partial charge in [-0.25, -0.2) is 0 Å². The second-order valence-electron chi connectivity index (χ2n) is 3.31. The minimum absolute atomic E-state index is 0.721. The van der Waals surface area contributed by atoms with Crippen LogP contribution in [-0.2, 0) is 9.30 Å². The van der Waals surface area contributed by atoms with E-state index < -0.39 is 44.5 Å². The van der Waals surface area contributed by atoms with E-state index in [1.807, 2.05) is 0 Å². The molecule has 0 unspecified atom stereocenters. The molecule has 0 aromatic heterocycles. The van der Waals surface area contributed by atoms with Crippen molar-refractivity contribution in [1.29, 1.82) is 0 Å². The van der Waals surface area contributed by atoms with E-state index in [4.69, 9.17) is 14.9 Å². The Labute approximate surface area is 84.9 Å². The van der Waals surface area contributed by atoms with Gasteiger partial charge in [0.2, 0.25) is 0 Å². The van der Waals surface area contributed by atoms with Crippen LogP contribution in [0.25, 0.3) is 0 Å². The van der Waals surface area contributed by atoms with Crippen molar-refractivity contribution in [1.82, 2.24) is 0 Å². The van der Waals surface area contributed by atoms with Crippen LogP contribution in [0.1, 0.15) is 0 Å². The van der Waals surface area contributed by atoms with Crippen LogP contribution >= 0.6 is 7.60 Å². The Morgan fingerprint density at radius 2 is 1.60 bits per heavy atom. The highest BCUT2D eigenvalue weighted by atomic mass is 31.2. The lowest BCUT2D eigenvalue weighted by Gasteiger charge is -2.39. The molecule has 1 fully saturated rings. The zero-order valence-electron chi connectivity index (χ0n) is 7.54. The minimum atomic E-state index is -4.77. The SMILES string of the molecule is O=P(O)(O)[C@@H]1O[C@H](CO)[C@@H](O)[C@H](O)[C@@H]1O. The molecule has 1 aliphatic rings. The van der Waals surface area contributed by atoms with Crippen LogP contribution in [0.4, 0.5) is 0 Å². The molecule has 0 aromatic rings. The average molecular weight is 244 g/mol. The molecule has 1 heterocycles. The van der Waals surface area contributed by atoms with Gasteiger partial charge in [-0.3, -0.25) is 4.57 Å². The van der Waals surface area contributed by atoms with E-state index in [2.05, 4.69) is 4.74 Å². The van der Waals surface area contributed by atoms with Gasteiger partial charge in [0.25, 0.3) is 0 Å². The van der Waals surface area contributed by atoms with E-state index in [9.17, 15) is 19.9 Å². The zero-order valence-corrected chi connectivity index (χ0v) is 8.44. The molecule has 6 N–H and O–H groups in total. The van der Waals surface area contributed by atoms with Crippen molar-refractivity contribution >= 4 is 7.60 Å². The summed E-state index contributed by atoms with van der Waals surface area (Å²) >= 11 is 0. The second-order valence-corrected chi connectivity index (χ2v) is 5.00. The molecule has 1 aliphatic heterocycles. The highest BCUT2D eigenvalue weighted by molar-refractivity contribution is 7.52. The predicted octanol–water partition coefficient (Wildman–Crippen LogP) is -3.04. The summed E-state index contributed by atoms with van der Waals surface area (Å²) in [5.74, 6) is -1.94. The maximum absolute atomic E-state index is 10.8. The summed E-state index contributed by atoms with van der Waals surface area (Å²) in [6, 6.07) is 0. The Morgan fingerprint density at radius 1 is 1.07 bits per heavy atom. The average Bonchev–Trinajstić information content (AvgIpc) is 2.13. The zero-order chi connectivity index (χ0) is 11.8. The van der Waals surface area contributed by atoms with Crippen molar-refractivity contribution < 1.29 is 39.5 Å². The highest BCUT2D eigenvalue weighted by Crippen LogP contribution is 2.46. The van der Waals surface area contributed by atoms with Crippen LogP contribution < -0.4 is 0 Å². The molecule has 0 bridgehead atoms. The molecule has 5 atom stereocenters. The monoisotopic (exact) mass is 244 g/mol. The summed E-state index contributed by atoms with van der Waals surface area (Å²) in [7, 11) is -4.77. The fourth-order valence-corrected chi connectivity index (χ4v) is 2.25. The summed E-state index contributed by atoms with van der Waals surface area (Å²) in [6.07, 6.45) is -6.59. The van der Waals surface area contributed by atoms with E-state index in [-0.39, 0.29) is 0 Å². The van der Waals surface area contributed by atoms with Gasteiger partial charge in [0.15, 0.2) is 5.85 Å².